The molecule has 1 aromatic rings. The molecule has 0 radical (unpaired) electrons. The molecule has 1 unspecified atom stereocenters. The van der Waals surface area contributed by atoms with E-state index in [0.717, 1.165) is 54.4 Å². The second kappa shape index (κ2) is 15.7. The molecular weight excluding hydrogens is 476 g/mol. The average Bonchev–Trinajstić information content (AvgIpc) is 2.79. The first kappa shape index (κ1) is 33.4. The summed E-state index contributed by atoms with van der Waals surface area (Å²) in [6, 6.07) is 0. The van der Waals surface area contributed by atoms with Crippen LogP contribution in [0.5, 0.6) is 11.5 Å². The molecule has 1 rings (SSSR count). The maximum atomic E-state index is 11.8. The second-order valence-electron chi connectivity index (χ2n) is 11.2. The number of allylic oxidation sites excluding steroid dienone is 6. The minimum Gasteiger partial charge on any atom is -0.426 e. The molecule has 0 aliphatic rings. The van der Waals surface area contributed by atoms with Crippen molar-refractivity contribution in [3.8, 4) is 11.5 Å². The zero-order chi connectivity index (χ0) is 29.0. The maximum Gasteiger partial charge on any atom is 0.308 e. The molecule has 0 aromatic heterocycles. The number of hydrogen-bond acceptors (Lipinski definition) is 5. The Kier molecular flexibility index (Phi) is 13.8. The fraction of sp³-hybridized carbons (Fsp3) is 0.576. The number of ether oxygens (including phenoxy) is 2. The van der Waals surface area contributed by atoms with Gasteiger partial charge in [-0.3, -0.25) is 9.59 Å². The zero-order valence-electron chi connectivity index (χ0n) is 25.5. The summed E-state index contributed by atoms with van der Waals surface area (Å²) >= 11 is 0. The SMILES string of the molecule is CC(=O)Oc1c(C)c(C)c(OC(C)=O)c(CCC(C)(O)CC/C=C(\C)CC/C=C(\C)CCC=C(C)C)c1C. The summed E-state index contributed by atoms with van der Waals surface area (Å²) in [6.07, 6.45) is 13.5. The molecular formula is C33H50O5. The van der Waals surface area contributed by atoms with E-state index in [1.54, 1.807) is 0 Å². The van der Waals surface area contributed by atoms with Crippen LogP contribution in [0.25, 0.3) is 0 Å². The number of benzene rings is 1. The van der Waals surface area contributed by atoms with E-state index in [-0.39, 0.29) is 0 Å². The van der Waals surface area contributed by atoms with E-state index in [4.69, 9.17) is 9.47 Å². The molecule has 1 aromatic carbocycles. The third kappa shape index (κ3) is 11.8. The van der Waals surface area contributed by atoms with E-state index >= 15 is 0 Å². The standard InChI is InChI=1S/C33H50O5/c1-22(2)14-11-15-23(3)16-12-17-24(4)18-13-20-33(10,36)21-19-30-27(7)31(37-28(8)34)25(5)26(6)32(30)38-29(9)35/h14,16,18,36H,11-13,15,17,19-21H2,1-10H3/b23-16+,24-18+. The highest BCUT2D eigenvalue weighted by Crippen LogP contribution is 2.39. The van der Waals surface area contributed by atoms with Crippen LogP contribution in [-0.4, -0.2) is 22.6 Å². The van der Waals surface area contributed by atoms with Crippen LogP contribution < -0.4 is 9.47 Å². The van der Waals surface area contributed by atoms with Gasteiger partial charge in [-0.1, -0.05) is 34.9 Å². The molecule has 0 aliphatic heterocycles. The molecule has 5 nitrogen and oxygen atoms in total. The number of carbonyl (C=O) groups is 2. The highest BCUT2D eigenvalue weighted by Gasteiger charge is 2.25. The molecule has 0 spiro atoms. The Labute approximate surface area is 231 Å². The van der Waals surface area contributed by atoms with Crippen molar-refractivity contribution in [3.05, 3.63) is 57.2 Å². The van der Waals surface area contributed by atoms with Gasteiger partial charge in [0.05, 0.1) is 5.60 Å². The highest BCUT2D eigenvalue weighted by atomic mass is 16.5. The van der Waals surface area contributed by atoms with Crippen LogP contribution in [0.1, 0.15) is 116 Å². The van der Waals surface area contributed by atoms with Gasteiger partial charge in [0.15, 0.2) is 0 Å². The lowest BCUT2D eigenvalue weighted by molar-refractivity contribution is -0.133. The fourth-order valence-corrected chi connectivity index (χ4v) is 4.52. The molecule has 212 valence electrons. The van der Waals surface area contributed by atoms with Crippen molar-refractivity contribution in [3.63, 3.8) is 0 Å². The molecule has 0 saturated heterocycles. The molecule has 0 aliphatic carbocycles. The number of aliphatic hydroxyl groups is 1. The highest BCUT2D eigenvalue weighted by molar-refractivity contribution is 5.74. The molecule has 1 N–H and O–H groups in total. The van der Waals surface area contributed by atoms with Gasteiger partial charge in [-0.05, 0) is 123 Å². The first-order chi connectivity index (χ1) is 17.6. The van der Waals surface area contributed by atoms with Crippen LogP contribution in [0.4, 0.5) is 0 Å². The number of esters is 2. The lowest BCUT2D eigenvalue weighted by atomic mass is 9.88. The fourth-order valence-electron chi connectivity index (χ4n) is 4.52. The van der Waals surface area contributed by atoms with Crippen LogP contribution in [0, 0.1) is 20.8 Å². The summed E-state index contributed by atoms with van der Waals surface area (Å²) < 4.78 is 11.1. The Morgan fingerprint density at radius 2 is 1.18 bits per heavy atom. The zero-order valence-corrected chi connectivity index (χ0v) is 25.5. The van der Waals surface area contributed by atoms with Gasteiger partial charge in [-0.25, -0.2) is 0 Å². The van der Waals surface area contributed by atoms with Crippen LogP contribution in [0.15, 0.2) is 34.9 Å². The summed E-state index contributed by atoms with van der Waals surface area (Å²) in [5.74, 6) is 0.198. The van der Waals surface area contributed by atoms with Gasteiger partial charge >= 0.3 is 11.9 Å². The molecule has 0 fully saturated rings. The quantitative estimate of drug-likeness (QED) is 0.150. The van der Waals surface area contributed by atoms with Crippen LogP contribution >= 0.6 is 0 Å². The molecule has 38 heavy (non-hydrogen) atoms. The van der Waals surface area contributed by atoms with Gasteiger partial charge in [0, 0.05) is 19.4 Å². The van der Waals surface area contributed by atoms with Crippen molar-refractivity contribution in [1.29, 1.82) is 0 Å². The Bertz CT molecular complexity index is 1070. The molecule has 1 atom stereocenters. The summed E-state index contributed by atoms with van der Waals surface area (Å²) in [5, 5.41) is 11.1. The van der Waals surface area contributed by atoms with Crippen molar-refractivity contribution in [2.75, 3.05) is 0 Å². The predicted molar refractivity (Wildman–Crippen MR) is 157 cm³/mol. The topological polar surface area (TPSA) is 72.8 Å². The molecule has 0 bridgehead atoms. The Balaban J connectivity index is 2.84. The van der Waals surface area contributed by atoms with Gasteiger partial charge in [0.25, 0.3) is 0 Å². The number of carbonyl (C=O) groups excluding carboxylic acids is 2. The third-order valence-corrected chi connectivity index (χ3v) is 7.01. The minimum absolute atomic E-state index is 0.398. The van der Waals surface area contributed by atoms with Crippen molar-refractivity contribution in [1.82, 2.24) is 0 Å². The van der Waals surface area contributed by atoms with E-state index in [9.17, 15) is 14.7 Å². The van der Waals surface area contributed by atoms with Gasteiger partial charge < -0.3 is 14.6 Å². The smallest absolute Gasteiger partial charge is 0.308 e. The Morgan fingerprint density at radius 1 is 0.711 bits per heavy atom. The molecule has 0 heterocycles. The molecule has 5 heteroatoms. The van der Waals surface area contributed by atoms with E-state index in [2.05, 4.69) is 45.9 Å². The van der Waals surface area contributed by atoms with Crippen LogP contribution in [0.3, 0.4) is 0 Å². The summed E-state index contributed by atoms with van der Waals surface area (Å²) in [4.78, 5) is 23.5. The van der Waals surface area contributed by atoms with Crippen LogP contribution in [0.2, 0.25) is 0 Å². The summed E-state index contributed by atoms with van der Waals surface area (Å²) in [6.45, 7) is 18.8. The third-order valence-electron chi connectivity index (χ3n) is 7.01. The Morgan fingerprint density at radius 3 is 1.71 bits per heavy atom. The predicted octanol–water partition coefficient (Wildman–Crippen LogP) is 8.35. The first-order valence-corrected chi connectivity index (χ1v) is 13.8. The van der Waals surface area contributed by atoms with Gasteiger partial charge in [-0.2, -0.15) is 0 Å². The van der Waals surface area contributed by atoms with Gasteiger partial charge in [-0.15, -0.1) is 0 Å². The molecule has 0 amide bonds. The van der Waals surface area contributed by atoms with Crippen molar-refractivity contribution in [2.45, 2.75) is 126 Å². The van der Waals surface area contributed by atoms with Crippen molar-refractivity contribution < 1.29 is 24.2 Å². The van der Waals surface area contributed by atoms with E-state index in [1.165, 1.54) is 30.6 Å². The number of rotatable bonds is 14. The van der Waals surface area contributed by atoms with Crippen LogP contribution in [-0.2, 0) is 16.0 Å². The van der Waals surface area contributed by atoms with E-state index in [0.29, 0.717) is 30.8 Å². The monoisotopic (exact) mass is 526 g/mol. The largest absolute Gasteiger partial charge is 0.426 e. The first-order valence-electron chi connectivity index (χ1n) is 13.8. The average molecular weight is 527 g/mol. The van der Waals surface area contributed by atoms with Gasteiger partial charge in [0.2, 0.25) is 0 Å². The Hall–Kier alpha value is -2.66. The molecule has 0 saturated carbocycles. The van der Waals surface area contributed by atoms with Gasteiger partial charge in [0.1, 0.15) is 11.5 Å². The summed E-state index contributed by atoms with van der Waals surface area (Å²) in [7, 11) is 0. The lowest BCUT2D eigenvalue weighted by Crippen LogP contribution is -2.25. The summed E-state index contributed by atoms with van der Waals surface area (Å²) in [5.41, 5.74) is 6.33. The lowest BCUT2D eigenvalue weighted by Gasteiger charge is -2.25. The number of hydrogen-bond donors (Lipinski definition) is 1. The second-order valence-corrected chi connectivity index (χ2v) is 11.2. The van der Waals surface area contributed by atoms with E-state index in [1.807, 2.05) is 27.7 Å². The van der Waals surface area contributed by atoms with Crippen molar-refractivity contribution >= 4 is 11.9 Å². The van der Waals surface area contributed by atoms with E-state index < -0.39 is 17.5 Å². The van der Waals surface area contributed by atoms with Crippen molar-refractivity contribution in [2.24, 2.45) is 0 Å². The normalized spacial score (nSPS) is 13.7. The minimum atomic E-state index is -0.890. The maximum absolute atomic E-state index is 11.8.